The van der Waals surface area contributed by atoms with Crippen molar-refractivity contribution in [2.45, 2.75) is 39.2 Å². The van der Waals surface area contributed by atoms with E-state index in [2.05, 4.69) is 4.98 Å². The minimum atomic E-state index is -0.749. The van der Waals surface area contributed by atoms with Crippen LogP contribution in [0.4, 0.5) is 0 Å². The number of aryl methyl sites for hydroxylation is 1. The van der Waals surface area contributed by atoms with Crippen molar-refractivity contribution in [3.05, 3.63) is 70.4 Å². The molecule has 0 bridgehead atoms. The van der Waals surface area contributed by atoms with Crippen LogP contribution in [0, 0.1) is 6.92 Å². The highest BCUT2D eigenvalue weighted by atomic mass is 16.5. The van der Waals surface area contributed by atoms with Crippen LogP contribution in [-0.2, 0) is 19.7 Å². The fourth-order valence-corrected chi connectivity index (χ4v) is 4.85. The number of methoxy groups -OCH3 is 2. The fourth-order valence-electron chi connectivity index (χ4n) is 4.85. The van der Waals surface area contributed by atoms with Gasteiger partial charge in [-0.05, 0) is 36.6 Å². The van der Waals surface area contributed by atoms with Gasteiger partial charge in [0.25, 0.3) is 11.7 Å². The molecule has 0 radical (unpaired) electrons. The number of ether oxygens (including phenoxy) is 2. The Labute approximate surface area is 205 Å². The van der Waals surface area contributed by atoms with Gasteiger partial charge in [0.2, 0.25) is 0 Å². The van der Waals surface area contributed by atoms with E-state index in [1.807, 2.05) is 58.0 Å². The van der Waals surface area contributed by atoms with E-state index >= 15 is 0 Å². The number of benzene rings is 2. The molecule has 35 heavy (non-hydrogen) atoms. The number of likely N-dealkylation sites (tertiary alicyclic amines) is 1. The van der Waals surface area contributed by atoms with Gasteiger partial charge in [0, 0.05) is 46.9 Å². The van der Waals surface area contributed by atoms with E-state index in [1.54, 1.807) is 26.4 Å². The normalized spacial score (nSPS) is 18.0. The third-order valence-corrected chi connectivity index (χ3v) is 6.57. The number of Topliss-reactive ketones (excluding diaryl/α,β-unsaturated/α-hetero) is 1. The molecule has 1 saturated heterocycles. The van der Waals surface area contributed by atoms with Gasteiger partial charge in [-0.25, -0.2) is 0 Å². The Morgan fingerprint density at radius 3 is 2.49 bits per heavy atom. The Morgan fingerprint density at radius 2 is 1.83 bits per heavy atom. The van der Waals surface area contributed by atoms with Gasteiger partial charge in [-0.3, -0.25) is 9.59 Å². The lowest BCUT2D eigenvalue weighted by Gasteiger charge is -2.26. The molecule has 1 aliphatic heterocycles. The Kier molecular flexibility index (Phi) is 6.47. The van der Waals surface area contributed by atoms with Crippen LogP contribution in [0.5, 0.6) is 5.75 Å². The number of amides is 1. The van der Waals surface area contributed by atoms with Crippen LogP contribution in [0.25, 0.3) is 16.7 Å². The second-order valence-electron chi connectivity index (χ2n) is 9.86. The van der Waals surface area contributed by atoms with Crippen LogP contribution in [0.15, 0.2) is 48.0 Å². The molecule has 1 amide bonds. The molecule has 2 aromatic carbocycles. The number of aromatic nitrogens is 1. The highest BCUT2D eigenvalue weighted by Gasteiger charge is 2.47. The topological polar surface area (TPSA) is 91.9 Å². The molecule has 1 aliphatic rings. The summed E-state index contributed by atoms with van der Waals surface area (Å²) >= 11 is 0. The predicted molar refractivity (Wildman–Crippen MR) is 136 cm³/mol. The van der Waals surface area contributed by atoms with E-state index in [9.17, 15) is 14.7 Å². The number of para-hydroxylation sites is 1. The first-order chi connectivity index (χ1) is 16.6. The molecule has 2 N–H and O–H groups in total. The summed E-state index contributed by atoms with van der Waals surface area (Å²) < 4.78 is 10.8. The number of H-pyrrole nitrogens is 1. The number of aromatic amines is 1. The maximum absolute atomic E-state index is 13.4. The zero-order chi connectivity index (χ0) is 25.5. The first kappa shape index (κ1) is 24.5. The van der Waals surface area contributed by atoms with Gasteiger partial charge < -0.3 is 24.5 Å². The van der Waals surface area contributed by atoms with E-state index in [-0.39, 0.29) is 29.9 Å². The minimum absolute atomic E-state index is 0.0731. The maximum Gasteiger partial charge on any atom is 0.295 e. The molecule has 184 valence electrons. The monoisotopic (exact) mass is 476 g/mol. The van der Waals surface area contributed by atoms with Crippen molar-refractivity contribution in [2.24, 2.45) is 0 Å². The molecule has 7 nitrogen and oxygen atoms in total. The van der Waals surface area contributed by atoms with Crippen molar-refractivity contribution >= 4 is 28.4 Å². The first-order valence-corrected chi connectivity index (χ1v) is 11.6. The number of aliphatic hydroxyl groups excluding tert-OH is 1. The van der Waals surface area contributed by atoms with Crippen LogP contribution in [0.3, 0.4) is 0 Å². The highest BCUT2D eigenvalue weighted by molar-refractivity contribution is 6.46. The smallest absolute Gasteiger partial charge is 0.295 e. The van der Waals surface area contributed by atoms with Gasteiger partial charge in [-0.15, -0.1) is 0 Å². The fraction of sp³-hybridized carbons (Fsp3) is 0.357. The zero-order valence-corrected chi connectivity index (χ0v) is 21.1. The molecule has 3 aromatic rings. The molecular weight excluding hydrogens is 444 g/mol. The Morgan fingerprint density at radius 1 is 1.11 bits per heavy atom. The van der Waals surface area contributed by atoms with Crippen molar-refractivity contribution in [1.29, 1.82) is 0 Å². The number of ketones is 1. The predicted octanol–water partition coefficient (Wildman–Crippen LogP) is 4.85. The Bertz CT molecular complexity index is 1330. The molecule has 2 heterocycles. The first-order valence-electron chi connectivity index (χ1n) is 11.6. The van der Waals surface area contributed by atoms with Gasteiger partial charge in [0.15, 0.2) is 0 Å². The molecule has 4 rings (SSSR count). The molecule has 1 fully saturated rings. The van der Waals surface area contributed by atoms with Gasteiger partial charge in [-0.2, -0.15) is 0 Å². The number of nitrogens with one attached hydrogen (secondary N) is 1. The van der Waals surface area contributed by atoms with Crippen LogP contribution < -0.4 is 4.74 Å². The Hall–Kier alpha value is -3.58. The lowest BCUT2D eigenvalue weighted by molar-refractivity contribution is -0.140. The average molecular weight is 477 g/mol. The van der Waals surface area contributed by atoms with Crippen molar-refractivity contribution in [3.8, 4) is 5.75 Å². The minimum Gasteiger partial charge on any atom is -0.507 e. The number of hydrogen-bond donors (Lipinski definition) is 2. The number of nitrogens with zero attached hydrogens (tertiary/aromatic N) is 1. The van der Waals surface area contributed by atoms with Crippen LogP contribution in [-0.4, -0.2) is 54.1 Å². The lowest BCUT2D eigenvalue weighted by atomic mass is 9.84. The third-order valence-electron chi connectivity index (χ3n) is 6.57. The summed E-state index contributed by atoms with van der Waals surface area (Å²) in [6.45, 7) is 8.55. The number of hydrogen-bond acceptors (Lipinski definition) is 5. The van der Waals surface area contributed by atoms with Gasteiger partial charge in [0.1, 0.15) is 11.5 Å². The molecule has 0 saturated carbocycles. The summed E-state index contributed by atoms with van der Waals surface area (Å²) in [6, 6.07) is 12.3. The molecular formula is C28H32N2O5. The van der Waals surface area contributed by atoms with Crippen LogP contribution in [0.1, 0.15) is 49.2 Å². The Balaban J connectivity index is 1.97. The average Bonchev–Trinajstić information content (AvgIpc) is 3.28. The quantitative estimate of drug-likeness (QED) is 0.301. The third kappa shape index (κ3) is 4.21. The summed E-state index contributed by atoms with van der Waals surface area (Å²) in [7, 11) is 3.15. The number of fused-ring (bicyclic) bond motifs is 1. The molecule has 7 heteroatoms. The van der Waals surface area contributed by atoms with Crippen molar-refractivity contribution in [1.82, 2.24) is 9.88 Å². The largest absolute Gasteiger partial charge is 0.507 e. The number of rotatable bonds is 6. The van der Waals surface area contributed by atoms with E-state index in [0.29, 0.717) is 11.3 Å². The second kappa shape index (κ2) is 9.23. The zero-order valence-electron chi connectivity index (χ0n) is 21.1. The van der Waals surface area contributed by atoms with E-state index in [4.69, 9.17) is 9.47 Å². The summed E-state index contributed by atoms with van der Waals surface area (Å²) in [6.07, 6.45) is 0. The summed E-state index contributed by atoms with van der Waals surface area (Å²) in [5.41, 5.74) is 3.68. The molecule has 1 atom stereocenters. The van der Waals surface area contributed by atoms with Gasteiger partial charge >= 0.3 is 0 Å². The van der Waals surface area contributed by atoms with Gasteiger partial charge in [-0.1, -0.05) is 39.0 Å². The van der Waals surface area contributed by atoms with E-state index < -0.39 is 17.7 Å². The molecule has 0 spiro atoms. The SMILES string of the molecule is COCCN1C(=O)C(=O)/C(=C(/O)c2ccc(OC)c(C(C)(C)C)c2)C1c1c(C)[nH]c2ccccc12. The van der Waals surface area contributed by atoms with Crippen molar-refractivity contribution in [2.75, 3.05) is 27.4 Å². The number of carbonyl (C=O) groups is 2. The molecule has 0 aliphatic carbocycles. The number of aliphatic hydroxyl groups is 1. The van der Waals surface area contributed by atoms with E-state index in [1.165, 1.54) is 4.90 Å². The summed E-state index contributed by atoms with van der Waals surface area (Å²) in [5.74, 6) is -0.867. The van der Waals surface area contributed by atoms with Crippen molar-refractivity contribution in [3.63, 3.8) is 0 Å². The maximum atomic E-state index is 13.4. The lowest BCUT2D eigenvalue weighted by Crippen LogP contribution is -2.32. The van der Waals surface area contributed by atoms with Crippen LogP contribution in [0.2, 0.25) is 0 Å². The van der Waals surface area contributed by atoms with Gasteiger partial charge in [0.05, 0.1) is 25.3 Å². The van der Waals surface area contributed by atoms with E-state index in [0.717, 1.165) is 27.7 Å². The van der Waals surface area contributed by atoms with Crippen LogP contribution >= 0.6 is 0 Å². The number of carbonyl (C=O) groups excluding carboxylic acids is 2. The summed E-state index contributed by atoms with van der Waals surface area (Å²) in [5, 5.41) is 12.4. The highest BCUT2D eigenvalue weighted by Crippen LogP contribution is 2.44. The molecule has 1 aromatic heterocycles. The standard InChI is InChI=1S/C28H32N2O5/c1-16-22(18-9-7-8-10-20(18)29-16)24-23(26(32)27(33)30(24)13-14-34-5)25(31)17-11-12-21(35-6)19(15-17)28(2,3)4/h7-12,15,24,29,31H,13-14H2,1-6H3/b25-23+. The second-order valence-corrected chi connectivity index (χ2v) is 9.86. The van der Waals surface area contributed by atoms with Crippen molar-refractivity contribution < 1.29 is 24.2 Å². The summed E-state index contributed by atoms with van der Waals surface area (Å²) in [4.78, 5) is 31.4. The molecule has 1 unspecified atom stereocenters.